The summed E-state index contributed by atoms with van der Waals surface area (Å²) in [5, 5.41) is 4.62. The number of rotatable bonds is 7. The van der Waals surface area contributed by atoms with Crippen LogP contribution in [0.5, 0.6) is 0 Å². The number of urea groups is 1. The van der Waals surface area contributed by atoms with E-state index in [1.807, 2.05) is 71.4 Å². The van der Waals surface area contributed by atoms with Crippen molar-refractivity contribution in [3.63, 3.8) is 0 Å². The second kappa shape index (κ2) is 8.02. The van der Waals surface area contributed by atoms with Crippen LogP contribution in [0.4, 0.5) is 4.79 Å². The maximum Gasteiger partial charge on any atom is 0.344 e. The number of fused-ring (bicyclic) bond motifs is 1. The van der Waals surface area contributed by atoms with Crippen molar-refractivity contribution in [2.24, 2.45) is 0 Å². The van der Waals surface area contributed by atoms with Crippen LogP contribution in [-0.2, 0) is 22.6 Å². The fourth-order valence-electron chi connectivity index (χ4n) is 3.73. The summed E-state index contributed by atoms with van der Waals surface area (Å²) in [5.41, 5.74) is 3.54. The molecule has 7 nitrogen and oxygen atoms in total. The number of nitrogens with one attached hydrogen (secondary N) is 2. The lowest BCUT2D eigenvalue weighted by molar-refractivity contribution is -0.139. The SMILES string of the molecule is CC1(CCc2ccccc2)NC(=O)N(NC(=O)CCn2ccc3ccccc32)C1=O. The van der Waals surface area contributed by atoms with Crippen LogP contribution in [0.15, 0.2) is 66.9 Å². The third-order valence-corrected chi connectivity index (χ3v) is 5.51. The van der Waals surface area contributed by atoms with E-state index in [2.05, 4.69) is 10.7 Å². The molecule has 154 valence electrons. The van der Waals surface area contributed by atoms with Crippen molar-refractivity contribution in [2.45, 2.75) is 38.3 Å². The van der Waals surface area contributed by atoms with Gasteiger partial charge in [-0.2, -0.15) is 5.01 Å². The standard InChI is InChI=1S/C23H24N4O3/c1-23(14-11-17-7-3-2-4-8-17)21(29)27(22(30)24-23)25-20(28)13-16-26-15-12-18-9-5-6-10-19(18)26/h2-10,12,15H,11,13-14,16H2,1H3,(H,24,30)(H,25,28). The van der Waals surface area contributed by atoms with Crippen LogP contribution in [0.1, 0.15) is 25.3 Å². The van der Waals surface area contributed by atoms with E-state index in [1.54, 1.807) is 6.92 Å². The highest BCUT2D eigenvalue weighted by Gasteiger charge is 2.48. The maximum atomic E-state index is 12.8. The molecule has 1 unspecified atom stereocenters. The number of hydrogen-bond donors (Lipinski definition) is 2. The van der Waals surface area contributed by atoms with Crippen molar-refractivity contribution >= 4 is 28.7 Å². The smallest absolute Gasteiger partial charge is 0.344 e. The summed E-state index contributed by atoms with van der Waals surface area (Å²) in [4.78, 5) is 37.6. The summed E-state index contributed by atoms with van der Waals surface area (Å²) < 4.78 is 1.98. The Labute approximate surface area is 174 Å². The number of hydrogen-bond acceptors (Lipinski definition) is 3. The van der Waals surface area contributed by atoms with E-state index in [9.17, 15) is 14.4 Å². The average Bonchev–Trinajstić information content (AvgIpc) is 3.26. The normalized spacial score (nSPS) is 18.6. The van der Waals surface area contributed by atoms with Gasteiger partial charge in [0.15, 0.2) is 0 Å². The molecule has 7 heteroatoms. The predicted octanol–water partition coefficient (Wildman–Crippen LogP) is 3.01. The zero-order chi connectivity index (χ0) is 21.1. The van der Waals surface area contributed by atoms with E-state index in [4.69, 9.17) is 0 Å². The highest BCUT2D eigenvalue weighted by Crippen LogP contribution is 2.22. The lowest BCUT2D eigenvalue weighted by Crippen LogP contribution is -2.49. The molecule has 0 spiro atoms. The van der Waals surface area contributed by atoms with E-state index >= 15 is 0 Å². The average molecular weight is 404 g/mol. The molecule has 2 aromatic carbocycles. The van der Waals surface area contributed by atoms with Crippen LogP contribution in [0.2, 0.25) is 0 Å². The van der Waals surface area contributed by atoms with Crippen molar-refractivity contribution in [1.82, 2.24) is 20.3 Å². The van der Waals surface area contributed by atoms with Crippen LogP contribution in [0.25, 0.3) is 10.9 Å². The first-order valence-electron chi connectivity index (χ1n) is 10.0. The molecule has 1 atom stereocenters. The van der Waals surface area contributed by atoms with Gasteiger partial charge in [0.2, 0.25) is 5.91 Å². The Morgan fingerprint density at radius 3 is 2.57 bits per heavy atom. The van der Waals surface area contributed by atoms with Crippen molar-refractivity contribution in [3.05, 3.63) is 72.4 Å². The maximum absolute atomic E-state index is 12.8. The Morgan fingerprint density at radius 2 is 1.77 bits per heavy atom. The molecule has 30 heavy (non-hydrogen) atoms. The number of benzene rings is 2. The number of nitrogens with zero attached hydrogens (tertiary/aromatic N) is 2. The van der Waals surface area contributed by atoms with Crippen LogP contribution in [0.3, 0.4) is 0 Å². The second-order valence-electron chi connectivity index (χ2n) is 7.74. The van der Waals surface area contributed by atoms with Gasteiger partial charge in [-0.1, -0.05) is 48.5 Å². The van der Waals surface area contributed by atoms with Gasteiger partial charge in [-0.05, 0) is 42.8 Å². The Kier molecular flexibility index (Phi) is 5.27. The fraction of sp³-hybridized carbons (Fsp3) is 0.261. The largest absolute Gasteiger partial charge is 0.347 e. The summed E-state index contributed by atoms with van der Waals surface area (Å²) >= 11 is 0. The quantitative estimate of drug-likeness (QED) is 0.594. The molecule has 1 fully saturated rings. The number of carbonyl (C=O) groups is 3. The summed E-state index contributed by atoms with van der Waals surface area (Å²) in [5.74, 6) is -0.827. The number of amides is 4. The Hall–Kier alpha value is -3.61. The molecule has 1 aromatic heterocycles. The minimum absolute atomic E-state index is 0.149. The lowest BCUT2D eigenvalue weighted by atomic mass is 9.93. The molecule has 2 heterocycles. The Bertz CT molecular complexity index is 1090. The molecule has 3 aromatic rings. The van der Waals surface area contributed by atoms with Crippen LogP contribution in [-0.4, -0.2) is 33.0 Å². The zero-order valence-corrected chi connectivity index (χ0v) is 16.8. The summed E-state index contributed by atoms with van der Waals surface area (Å²) in [6.45, 7) is 2.14. The van der Waals surface area contributed by atoms with Crippen molar-refractivity contribution < 1.29 is 14.4 Å². The van der Waals surface area contributed by atoms with Crippen LogP contribution < -0.4 is 10.7 Å². The molecule has 1 aliphatic rings. The van der Waals surface area contributed by atoms with E-state index in [1.165, 1.54) is 0 Å². The summed E-state index contributed by atoms with van der Waals surface area (Å²) in [6, 6.07) is 19.1. The Morgan fingerprint density at radius 1 is 1.03 bits per heavy atom. The van der Waals surface area contributed by atoms with Gasteiger partial charge in [0, 0.05) is 24.7 Å². The first-order chi connectivity index (χ1) is 14.5. The zero-order valence-electron chi connectivity index (χ0n) is 16.8. The Balaban J connectivity index is 1.35. The molecular weight excluding hydrogens is 380 g/mol. The fourth-order valence-corrected chi connectivity index (χ4v) is 3.73. The van der Waals surface area contributed by atoms with Gasteiger partial charge in [-0.15, -0.1) is 0 Å². The third kappa shape index (κ3) is 3.91. The van der Waals surface area contributed by atoms with Crippen molar-refractivity contribution in [2.75, 3.05) is 0 Å². The molecule has 1 aliphatic heterocycles. The van der Waals surface area contributed by atoms with Crippen LogP contribution in [0, 0.1) is 0 Å². The van der Waals surface area contributed by atoms with Gasteiger partial charge in [0.25, 0.3) is 5.91 Å². The van der Waals surface area contributed by atoms with Gasteiger partial charge in [-0.3, -0.25) is 15.0 Å². The first-order valence-corrected chi connectivity index (χ1v) is 10.0. The van der Waals surface area contributed by atoms with Crippen molar-refractivity contribution in [3.8, 4) is 0 Å². The van der Waals surface area contributed by atoms with E-state index in [0.29, 0.717) is 19.4 Å². The molecule has 0 radical (unpaired) electrons. The van der Waals surface area contributed by atoms with Gasteiger partial charge in [0.05, 0.1) is 0 Å². The topological polar surface area (TPSA) is 83.4 Å². The number of imide groups is 1. The third-order valence-electron chi connectivity index (χ3n) is 5.51. The number of hydrazine groups is 1. The summed E-state index contributed by atoms with van der Waals surface area (Å²) in [7, 11) is 0. The molecule has 4 rings (SSSR count). The van der Waals surface area contributed by atoms with Crippen LogP contribution >= 0.6 is 0 Å². The van der Waals surface area contributed by atoms with Gasteiger partial charge < -0.3 is 9.88 Å². The number of carbonyl (C=O) groups excluding carboxylic acids is 3. The summed E-state index contributed by atoms with van der Waals surface area (Å²) in [6.07, 6.45) is 3.16. The van der Waals surface area contributed by atoms with Gasteiger partial charge in [-0.25, -0.2) is 4.79 Å². The minimum Gasteiger partial charge on any atom is -0.347 e. The minimum atomic E-state index is -1.04. The monoisotopic (exact) mass is 404 g/mol. The number of para-hydroxylation sites is 1. The number of aryl methyl sites for hydroxylation is 2. The second-order valence-corrected chi connectivity index (χ2v) is 7.74. The van der Waals surface area contributed by atoms with E-state index in [0.717, 1.165) is 21.5 Å². The lowest BCUT2D eigenvalue weighted by Gasteiger charge is -2.21. The van der Waals surface area contributed by atoms with Crippen molar-refractivity contribution in [1.29, 1.82) is 0 Å². The van der Waals surface area contributed by atoms with E-state index < -0.39 is 17.5 Å². The van der Waals surface area contributed by atoms with Gasteiger partial charge in [0.1, 0.15) is 5.54 Å². The number of aromatic nitrogens is 1. The highest BCUT2D eigenvalue weighted by molar-refractivity contribution is 6.07. The predicted molar refractivity (Wildman–Crippen MR) is 113 cm³/mol. The first kappa shape index (κ1) is 19.7. The molecule has 2 N–H and O–H groups in total. The molecule has 1 saturated heterocycles. The molecule has 0 bridgehead atoms. The van der Waals surface area contributed by atoms with Gasteiger partial charge >= 0.3 is 6.03 Å². The van der Waals surface area contributed by atoms with E-state index in [-0.39, 0.29) is 12.3 Å². The molecule has 0 saturated carbocycles. The highest BCUT2D eigenvalue weighted by atomic mass is 16.2. The molecule has 4 amide bonds. The molecule has 0 aliphatic carbocycles. The molecular formula is C23H24N4O3.